The molecule has 0 aliphatic rings. The Kier molecular flexibility index (Phi) is 4.88. The molecule has 0 bridgehead atoms. The van der Waals surface area contributed by atoms with Crippen molar-refractivity contribution < 1.29 is 13.2 Å². The first-order valence-corrected chi connectivity index (χ1v) is 6.67. The average Bonchev–Trinajstić information content (AvgIpc) is 2.46. The van der Waals surface area contributed by atoms with E-state index < -0.39 is 23.5 Å². The SMILES string of the molecule is Cc1ccc(C(Cc2c(F)cccc2Cl)NN)c(F)c1F. The molecule has 2 nitrogen and oxygen atoms in total. The van der Waals surface area contributed by atoms with Crippen molar-refractivity contribution in [1.29, 1.82) is 0 Å². The van der Waals surface area contributed by atoms with Crippen LogP contribution in [0.5, 0.6) is 0 Å². The van der Waals surface area contributed by atoms with E-state index in [1.807, 2.05) is 0 Å². The molecule has 2 aromatic rings. The zero-order chi connectivity index (χ0) is 15.6. The maximum absolute atomic E-state index is 14.0. The first kappa shape index (κ1) is 15.8. The van der Waals surface area contributed by atoms with E-state index in [0.717, 1.165) is 0 Å². The lowest BCUT2D eigenvalue weighted by Crippen LogP contribution is -2.31. The summed E-state index contributed by atoms with van der Waals surface area (Å²) in [5.74, 6) is 2.95. The van der Waals surface area contributed by atoms with E-state index in [0.29, 0.717) is 0 Å². The zero-order valence-electron chi connectivity index (χ0n) is 11.3. The van der Waals surface area contributed by atoms with Gasteiger partial charge in [0, 0.05) is 16.1 Å². The summed E-state index contributed by atoms with van der Waals surface area (Å²) in [6, 6.07) is 6.32. The summed E-state index contributed by atoms with van der Waals surface area (Å²) in [5, 5.41) is 0.211. The third-order valence-electron chi connectivity index (χ3n) is 3.35. The van der Waals surface area contributed by atoms with Crippen LogP contribution in [0, 0.1) is 24.4 Å². The zero-order valence-corrected chi connectivity index (χ0v) is 12.0. The summed E-state index contributed by atoms with van der Waals surface area (Å²) in [6.45, 7) is 1.46. The molecule has 6 heteroatoms. The van der Waals surface area contributed by atoms with Gasteiger partial charge in [0.2, 0.25) is 0 Å². The Balaban J connectivity index is 2.40. The van der Waals surface area contributed by atoms with Gasteiger partial charge in [-0.2, -0.15) is 0 Å². The molecule has 2 rings (SSSR count). The van der Waals surface area contributed by atoms with E-state index in [1.165, 1.54) is 37.3 Å². The Labute approximate surface area is 125 Å². The van der Waals surface area contributed by atoms with E-state index in [1.54, 1.807) is 0 Å². The molecule has 1 unspecified atom stereocenters. The topological polar surface area (TPSA) is 38.0 Å². The molecule has 112 valence electrons. The Hall–Kier alpha value is -1.56. The first-order chi connectivity index (χ1) is 9.95. The van der Waals surface area contributed by atoms with Crippen LogP contribution in [0.1, 0.15) is 22.7 Å². The normalized spacial score (nSPS) is 12.5. The number of hydrogen-bond donors (Lipinski definition) is 2. The highest BCUT2D eigenvalue weighted by atomic mass is 35.5. The van der Waals surface area contributed by atoms with Gasteiger partial charge >= 0.3 is 0 Å². The van der Waals surface area contributed by atoms with Gasteiger partial charge in [-0.05, 0) is 31.0 Å². The van der Waals surface area contributed by atoms with Crippen molar-refractivity contribution in [2.24, 2.45) is 5.84 Å². The predicted molar refractivity (Wildman–Crippen MR) is 76.3 cm³/mol. The second-order valence-corrected chi connectivity index (χ2v) is 5.13. The van der Waals surface area contributed by atoms with Gasteiger partial charge < -0.3 is 0 Å². The number of aryl methyl sites for hydroxylation is 1. The molecule has 0 aliphatic carbocycles. The minimum atomic E-state index is -0.995. The smallest absolute Gasteiger partial charge is 0.163 e. The highest BCUT2D eigenvalue weighted by molar-refractivity contribution is 6.31. The van der Waals surface area contributed by atoms with E-state index in [9.17, 15) is 13.2 Å². The van der Waals surface area contributed by atoms with Gasteiger partial charge in [0.25, 0.3) is 0 Å². The second kappa shape index (κ2) is 6.47. The van der Waals surface area contributed by atoms with Crippen molar-refractivity contribution in [1.82, 2.24) is 5.43 Å². The lowest BCUT2D eigenvalue weighted by Gasteiger charge is -2.19. The summed E-state index contributed by atoms with van der Waals surface area (Å²) >= 11 is 5.94. The molecule has 0 spiro atoms. The van der Waals surface area contributed by atoms with Crippen molar-refractivity contribution in [3.05, 3.63) is 69.5 Å². The number of hydrogen-bond acceptors (Lipinski definition) is 2. The molecule has 0 radical (unpaired) electrons. The van der Waals surface area contributed by atoms with Crippen LogP contribution in [0.2, 0.25) is 5.02 Å². The lowest BCUT2D eigenvalue weighted by molar-refractivity contribution is 0.457. The summed E-state index contributed by atoms with van der Waals surface area (Å²) < 4.78 is 41.4. The fourth-order valence-corrected chi connectivity index (χ4v) is 2.36. The maximum atomic E-state index is 14.0. The van der Waals surface area contributed by atoms with Crippen molar-refractivity contribution in [3.63, 3.8) is 0 Å². The monoisotopic (exact) mass is 314 g/mol. The van der Waals surface area contributed by atoms with Crippen LogP contribution in [-0.4, -0.2) is 0 Å². The number of rotatable bonds is 4. The van der Waals surface area contributed by atoms with Crippen molar-refractivity contribution in [3.8, 4) is 0 Å². The maximum Gasteiger partial charge on any atom is 0.163 e. The molecule has 0 fully saturated rings. The highest BCUT2D eigenvalue weighted by Crippen LogP contribution is 2.28. The largest absolute Gasteiger partial charge is 0.271 e. The molecule has 21 heavy (non-hydrogen) atoms. The average molecular weight is 315 g/mol. The Bertz CT molecular complexity index is 641. The van der Waals surface area contributed by atoms with Crippen LogP contribution in [0.3, 0.4) is 0 Å². The highest BCUT2D eigenvalue weighted by Gasteiger charge is 2.21. The van der Waals surface area contributed by atoms with Crippen LogP contribution in [0.15, 0.2) is 30.3 Å². The minimum absolute atomic E-state index is 0.00142. The number of hydrazine groups is 1. The van der Waals surface area contributed by atoms with E-state index in [-0.39, 0.29) is 28.1 Å². The molecule has 0 saturated carbocycles. The van der Waals surface area contributed by atoms with Crippen molar-refractivity contribution in [2.75, 3.05) is 0 Å². The summed E-state index contributed by atoms with van der Waals surface area (Å²) in [5.41, 5.74) is 2.79. The van der Waals surface area contributed by atoms with Gasteiger partial charge in [0.1, 0.15) is 5.82 Å². The molecule has 1 atom stereocenters. The predicted octanol–water partition coefficient (Wildman–Crippen LogP) is 3.81. The Morgan fingerprint density at radius 1 is 1.14 bits per heavy atom. The first-order valence-electron chi connectivity index (χ1n) is 6.29. The summed E-state index contributed by atoms with van der Waals surface area (Å²) in [4.78, 5) is 0. The molecule has 0 heterocycles. The van der Waals surface area contributed by atoms with Crippen LogP contribution in [0.4, 0.5) is 13.2 Å². The van der Waals surface area contributed by atoms with Gasteiger partial charge in [0.05, 0.1) is 6.04 Å². The van der Waals surface area contributed by atoms with E-state index in [2.05, 4.69) is 5.43 Å². The van der Waals surface area contributed by atoms with E-state index in [4.69, 9.17) is 17.4 Å². The quantitative estimate of drug-likeness (QED) is 0.665. The third kappa shape index (κ3) is 3.20. The number of halogens is 4. The number of nitrogens with two attached hydrogens (primary N) is 1. The van der Waals surface area contributed by atoms with E-state index >= 15 is 0 Å². The van der Waals surface area contributed by atoms with Crippen molar-refractivity contribution in [2.45, 2.75) is 19.4 Å². The van der Waals surface area contributed by atoms with Gasteiger partial charge in [-0.3, -0.25) is 11.3 Å². The second-order valence-electron chi connectivity index (χ2n) is 4.72. The molecule has 0 saturated heterocycles. The Morgan fingerprint density at radius 2 is 1.86 bits per heavy atom. The van der Waals surface area contributed by atoms with Gasteiger partial charge in [-0.25, -0.2) is 13.2 Å². The van der Waals surface area contributed by atoms with Gasteiger partial charge in [-0.1, -0.05) is 29.8 Å². The van der Waals surface area contributed by atoms with Gasteiger partial charge in [-0.15, -0.1) is 0 Å². The molecule has 0 aromatic heterocycles. The number of nitrogens with one attached hydrogen (secondary N) is 1. The molecular formula is C15H14ClF3N2. The van der Waals surface area contributed by atoms with Gasteiger partial charge in [0.15, 0.2) is 11.6 Å². The van der Waals surface area contributed by atoms with Crippen molar-refractivity contribution >= 4 is 11.6 Å². The molecule has 0 aliphatic heterocycles. The molecule has 2 aromatic carbocycles. The summed E-state index contributed by atoms with van der Waals surface area (Å²) in [6.07, 6.45) is 0.00142. The minimum Gasteiger partial charge on any atom is -0.271 e. The van der Waals surface area contributed by atoms with Crippen LogP contribution in [0.25, 0.3) is 0 Å². The Morgan fingerprint density at radius 3 is 2.48 bits per heavy atom. The van der Waals surface area contributed by atoms with Crippen LogP contribution in [-0.2, 0) is 6.42 Å². The van der Waals surface area contributed by atoms with Crippen LogP contribution >= 0.6 is 11.6 Å². The molecule has 0 amide bonds. The van der Waals surface area contributed by atoms with Crippen LogP contribution < -0.4 is 11.3 Å². The summed E-state index contributed by atoms with van der Waals surface area (Å²) in [7, 11) is 0. The lowest BCUT2D eigenvalue weighted by atomic mass is 9.97. The fraction of sp³-hybridized carbons (Fsp3) is 0.200. The molecular weight excluding hydrogens is 301 g/mol. The standard InChI is InChI=1S/C15H14ClF3N2/c1-8-5-6-9(15(19)14(8)18)13(21-20)7-10-11(16)3-2-4-12(10)17/h2-6,13,21H,7,20H2,1H3. The third-order valence-corrected chi connectivity index (χ3v) is 3.71. The number of benzene rings is 2. The molecule has 3 N–H and O–H groups in total. The fourth-order valence-electron chi connectivity index (χ4n) is 2.12.